The second-order valence-corrected chi connectivity index (χ2v) is 4.53. The van der Waals surface area contributed by atoms with E-state index in [9.17, 15) is 5.11 Å². The van der Waals surface area contributed by atoms with Crippen molar-refractivity contribution in [2.75, 3.05) is 19.0 Å². The SMILES string of the molecule is CN(C)c1ccc(/C=N/N=C/c2ccccc2O)cc1. The normalized spacial score (nSPS) is 11.3. The van der Waals surface area contributed by atoms with Crippen LogP contribution in [0.3, 0.4) is 0 Å². The van der Waals surface area contributed by atoms with E-state index in [1.807, 2.05) is 49.3 Å². The molecule has 4 heteroatoms. The minimum absolute atomic E-state index is 0.196. The Hall–Kier alpha value is -2.62. The van der Waals surface area contributed by atoms with Crippen LogP contribution in [0.4, 0.5) is 5.69 Å². The van der Waals surface area contributed by atoms with Gasteiger partial charge in [0.15, 0.2) is 0 Å². The summed E-state index contributed by atoms with van der Waals surface area (Å²) in [6.45, 7) is 0. The summed E-state index contributed by atoms with van der Waals surface area (Å²) in [6.07, 6.45) is 3.20. The van der Waals surface area contributed by atoms with Crippen LogP contribution >= 0.6 is 0 Å². The van der Waals surface area contributed by atoms with E-state index in [-0.39, 0.29) is 5.75 Å². The second kappa shape index (κ2) is 6.52. The van der Waals surface area contributed by atoms with Crippen molar-refractivity contribution in [3.05, 3.63) is 59.7 Å². The average molecular weight is 267 g/mol. The molecule has 0 heterocycles. The Bertz CT molecular complexity index is 616. The van der Waals surface area contributed by atoms with Crippen LogP contribution in [0.15, 0.2) is 58.7 Å². The first-order valence-corrected chi connectivity index (χ1v) is 6.28. The molecule has 0 aromatic heterocycles. The summed E-state index contributed by atoms with van der Waals surface area (Å²) >= 11 is 0. The van der Waals surface area contributed by atoms with Gasteiger partial charge in [-0.05, 0) is 29.8 Å². The van der Waals surface area contributed by atoms with Crippen molar-refractivity contribution >= 4 is 18.1 Å². The zero-order chi connectivity index (χ0) is 14.4. The van der Waals surface area contributed by atoms with E-state index in [0.29, 0.717) is 5.56 Å². The van der Waals surface area contributed by atoms with Crippen LogP contribution in [-0.2, 0) is 0 Å². The molecule has 0 atom stereocenters. The lowest BCUT2D eigenvalue weighted by Crippen LogP contribution is -2.08. The number of phenolic OH excluding ortho intramolecular Hbond substituents is 1. The van der Waals surface area contributed by atoms with Crippen LogP contribution in [0.25, 0.3) is 0 Å². The lowest BCUT2D eigenvalue weighted by Gasteiger charge is -2.11. The minimum atomic E-state index is 0.196. The summed E-state index contributed by atoms with van der Waals surface area (Å²) in [5, 5.41) is 17.5. The van der Waals surface area contributed by atoms with Crippen molar-refractivity contribution < 1.29 is 5.11 Å². The van der Waals surface area contributed by atoms with Gasteiger partial charge in [-0.25, -0.2) is 0 Å². The fourth-order valence-corrected chi connectivity index (χ4v) is 1.65. The van der Waals surface area contributed by atoms with E-state index in [1.165, 1.54) is 6.21 Å². The fourth-order valence-electron chi connectivity index (χ4n) is 1.65. The van der Waals surface area contributed by atoms with E-state index in [0.717, 1.165) is 11.3 Å². The molecule has 102 valence electrons. The molecule has 0 aliphatic rings. The molecule has 0 saturated heterocycles. The van der Waals surface area contributed by atoms with Gasteiger partial charge in [-0.3, -0.25) is 0 Å². The van der Waals surface area contributed by atoms with Gasteiger partial charge in [-0.2, -0.15) is 10.2 Å². The number of hydrogen-bond acceptors (Lipinski definition) is 4. The molecule has 2 aromatic carbocycles. The third kappa shape index (κ3) is 3.68. The van der Waals surface area contributed by atoms with E-state index in [2.05, 4.69) is 10.2 Å². The van der Waals surface area contributed by atoms with Crippen molar-refractivity contribution in [3.63, 3.8) is 0 Å². The van der Waals surface area contributed by atoms with Gasteiger partial charge in [0.1, 0.15) is 5.75 Å². The number of hydrogen-bond donors (Lipinski definition) is 1. The molecular formula is C16H17N3O. The second-order valence-electron chi connectivity index (χ2n) is 4.53. The highest BCUT2D eigenvalue weighted by Gasteiger charge is 1.94. The fraction of sp³-hybridized carbons (Fsp3) is 0.125. The zero-order valence-corrected chi connectivity index (χ0v) is 11.6. The van der Waals surface area contributed by atoms with E-state index < -0.39 is 0 Å². The smallest absolute Gasteiger partial charge is 0.124 e. The lowest BCUT2D eigenvalue weighted by molar-refractivity contribution is 0.474. The Morgan fingerprint density at radius 2 is 1.55 bits per heavy atom. The molecule has 0 unspecified atom stereocenters. The Labute approximate surface area is 118 Å². The highest BCUT2D eigenvalue weighted by atomic mass is 16.3. The van der Waals surface area contributed by atoms with Crippen molar-refractivity contribution in [2.24, 2.45) is 10.2 Å². The molecule has 0 fully saturated rings. The molecule has 0 aliphatic carbocycles. The van der Waals surface area contributed by atoms with Crippen LogP contribution in [0.1, 0.15) is 11.1 Å². The maximum atomic E-state index is 9.56. The highest BCUT2D eigenvalue weighted by Crippen LogP contribution is 2.13. The Morgan fingerprint density at radius 1 is 0.900 bits per heavy atom. The summed E-state index contributed by atoms with van der Waals surface area (Å²) in [7, 11) is 4.00. The molecule has 20 heavy (non-hydrogen) atoms. The molecular weight excluding hydrogens is 250 g/mol. The first-order chi connectivity index (χ1) is 9.66. The Morgan fingerprint density at radius 3 is 2.20 bits per heavy atom. The molecule has 4 nitrogen and oxygen atoms in total. The summed E-state index contributed by atoms with van der Waals surface area (Å²) in [5.41, 5.74) is 2.76. The average Bonchev–Trinajstić information content (AvgIpc) is 2.46. The van der Waals surface area contributed by atoms with Gasteiger partial charge in [0.2, 0.25) is 0 Å². The van der Waals surface area contributed by atoms with Gasteiger partial charge < -0.3 is 10.0 Å². The molecule has 2 aromatic rings. The topological polar surface area (TPSA) is 48.2 Å². The van der Waals surface area contributed by atoms with Gasteiger partial charge in [0.05, 0.1) is 12.4 Å². The maximum Gasteiger partial charge on any atom is 0.124 e. The number of aromatic hydroxyl groups is 1. The van der Waals surface area contributed by atoms with Crippen LogP contribution in [0.5, 0.6) is 5.75 Å². The standard InChI is InChI=1S/C16H17N3O/c1-19(2)15-9-7-13(8-10-15)11-17-18-12-14-5-3-4-6-16(14)20/h3-12,20H,1-2H3/b17-11+,18-12+. The monoisotopic (exact) mass is 267 g/mol. The van der Waals surface area contributed by atoms with Gasteiger partial charge in [-0.15, -0.1) is 0 Å². The quantitative estimate of drug-likeness (QED) is 0.684. The van der Waals surface area contributed by atoms with E-state index in [4.69, 9.17) is 0 Å². The molecule has 0 amide bonds. The minimum Gasteiger partial charge on any atom is -0.507 e. The molecule has 1 N–H and O–H groups in total. The molecule has 0 bridgehead atoms. The highest BCUT2D eigenvalue weighted by molar-refractivity contribution is 5.85. The maximum absolute atomic E-state index is 9.56. The van der Waals surface area contributed by atoms with E-state index >= 15 is 0 Å². The first-order valence-electron chi connectivity index (χ1n) is 6.28. The first kappa shape index (κ1) is 13.8. The number of nitrogens with zero attached hydrogens (tertiary/aromatic N) is 3. The van der Waals surface area contributed by atoms with Crippen LogP contribution in [0.2, 0.25) is 0 Å². The lowest BCUT2D eigenvalue weighted by atomic mass is 10.2. The predicted octanol–water partition coefficient (Wildman–Crippen LogP) is 2.91. The predicted molar refractivity (Wildman–Crippen MR) is 84.1 cm³/mol. The van der Waals surface area contributed by atoms with Gasteiger partial charge in [0.25, 0.3) is 0 Å². The number of rotatable bonds is 4. The molecule has 0 saturated carbocycles. The van der Waals surface area contributed by atoms with Gasteiger partial charge in [-0.1, -0.05) is 24.3 Å². The van der Waals surface area contributed by atoms with Crippen LogP contribution in [0, 0.1) is 0 Å². The summed E-state index contributed by atoms with van der Waals surface area (Å²) < 4.78 is 0. The van der Waals surface area contributed by atoms with Crippen LogP contribution in [-0.4, -0.2) is 31.6 Å². The number of anilines is 1. The number of benzene rings is 2. The van der Waals surface area contributed by atoms with Crippen molar-refractivity contribution in [1.29, 1.82) is 0 Å². The Kier molecular flexibility index (Phi) is 4.50. The summed E-state index contributed by atoms with van der Waals surface area (Å²) in [5.74, 6) is 0.196. The van der Waals surface area contributed by atoms with Gasteiger partial charge >= 0.3 is 0 Å². The van der Waals surface area contributed by atoms with Crippen molar-refractivity contribution in [3.8, 4) is 5.75 Å². The molecule has 0 aliphatic heterocycles. The molecule has 2 rings (SSSR count). The Balaban J connectivity index is 2.01. The molecule has 0 radical (unpaired) electrons. The van der Waals surface area contributed by atoms with Gasteiger partial charge in [0, 0.05) is 25.3 Å². The third-order valence-electron chi connectivity index (χ3n) is 2.82. The largest absolute Gasteiger partial charge is 0.507 e. The summed E-state index contributed by atoms with van der Waals surface area (Å²) in [6, 6.07) is 15.0. The van der Waals surface area contributed by atoms with Crippen LogP contribution < -0.4 is 4.90 Å². The molecule has 0 spiro atoms. The van der Waals surface area contributed by atoms with Crippen molar-refractivity contribution in [1.82, 2.24) is 0 Å². The van der Waals surface area contributed by atoms with Crippen molar-refractivity contribution in [2.45, 2.75) is 0 Å². The number of para-hydroxylation sites is 1. The summed E-state index contributed by atoms with van der Waals surface area (Å²) in [4.78, 5) is 2.04. The number of phenols is 1. The third-order valence-corrected chi connectivity index (χ3v) is 2.82. The van der Waals surface area contributed by atoms with E-state index in [1.54, 1.807) is 24.4 Å². The zero-order valence-electron chi connectivity index (χ0n) is 11.6.